The zero-order valence-corrected chi connectivity index (χ0v) is 18.1. The summed E-state index contributed by atoms with van der Waals surface area (Å²) in [5.41, 5.74) is 3.40. The number of anilines is 1. The van der Waals surface area contributed by atoms with Crippen LogP contribution in [0.15, 0.2) is 54.9 Å². The second-order valence-corrected chi connectivity index (χ2v) is 8.00. The van der Waals surface area contributed by atoms with Gasteiger partial charge < -0.3 is 15.2 Å². The van der Waals surface area contributed by atoms with Crippen molar-refractivity contribution in [2.45, 2.75) is 18.8 Å². The van der Waals surface area contributed by atoms with Gasteiger partial charge in [-0.05, 0) is 48.0 Å². The molecule has 2 N–H and O–H groups in total. The van der Waals surface area contributed by atoms with Gasteiger partial charge in [0.05, 0.1) is 23.5 Å². The van der Waals surface area contributed by atoms with Crippen molar-refractivity contribution in [1.29, 1.82) is 0 Å². The Morgan fingerprint density at radius 1 is 1.24 bits per heavy atom. The topological polar surface area (TPSA) is 74.7 Å². The van der Waals surface area contributed by atoms with E-state index < -0.39 is 24.6 Å². The van der Waals surface area contributed by atoms with Crippen molar-refractivity contribution in [1.82, 2.24) is 9.88 Å². The maximum Gasteiger partial charge on any atom is 0.422 e. The van der Waals surface area contributed by atoms with Crippen LogP contribution in [-0.2, 0) is 6.54 Å². The van der Waals surface area contributed by atoms with Gasteiger partial charge in [-0.15, -0.1) is 0 Å². The molecule has 0 amide bonds. The van der Waals surface area contributed by atoms with Gasteiger partial charge in [0.2, 0.25) is 0 Å². The molecule has 10 heteroatoms. The maximum absolute atomic E-state index is 14.6. The number of carboxylic acid groups (broad SMARTS) is 1. The zero-order chi connectivity index (χ0) is 24.5. The molecule has 6 nitrogen and oxygen atoms in total. The molecule has 178 valence electrons. The van der Waals surface area contributed by atoms with Crippen molar-refractivity contribution >= 4 is 11.7 Å². The number of ether oxygens (including phenoxy) is 1. The molecular weight excluding hydrogens is 454 g/mol. The summed E-state index contributed by atoms with van der Waals surface area (Å²) in [4.78, 5) is 17.5. The summed E-state index contributed by atoms with van der Waals surface area (Å²) >= 11 is 0. The summed E-state index contributed by atoms with van der Waals surface area (Å²) in [6.07, 6.45) is -1.62. The van der Waals surface area contributed by atoms with E-state index in [4.69, 9.17) is 0 Å². The highest BCUT2D eigenvalue weighted by atomic mass is 19.4. The Balaban J connectivity index is 1.51. The van der Waals surface area contributed by atoms with Gasteiger partial charge in [0.25, 0.3) is 0 Å². The van der Waals surface area contributed by atoms with Gasteiger partial charge in [0, 0.05) is 30.9 Å². The van der Waals surface area contributed by atoms with Crippen molar-refractivity contribution < 1.29 is 32.2 Å². The molecule has 1 aromatic heterocycles. The number of nitrogens with zero attached hydrogens (tertiary/aromatic N) is 2. The Kier molecular flexibility index (Phi) is 6.43. The molecule has 4 rings (SSSR count). The van der Waals surface area contributed by atoms with Gasteiger partial charge in [-0.1, -0.05) is 12.1 Å². The third-order valence-electron chi connectivity index (χ3n) is 5.65. The molecule has 0 unspecified atom stereocenters. The number of hydrogen-bond acceptors (Lipinski definition) is 5. The number of carboxylic acids is 1. The maximum atomic E-state index is 14.6. The molecule has 0 bridgehead atoms. The normalized spacial score (nSPS) is 15.7. The molecule has 3 aromatic rings. The number of aromatic nitrogens is 1. The van der Waals surface area contributed by atoms with Gasteiger partial charge in [-0.25, -0.2) is 9.18 Å². The van der Waals surface area contributed by atoms with E-state index in [1.807, 2.05) is 19.2 Å². The van der Waals surface area contributed by atoms with E-state index in [0.29, 0.717) is 24.3 Å². The fourth-order valence-corrected chi connectivity index (χ4v) is 4.03. The minimum atomic E-state index is -4.50. The summed E-state index contributed by atoms with van der Waals surface area (Å²) in [5.74, 6) is -1.92. The third kappa shape index (κ3) is 5.12. The van der Waals surface area contributed by atoms with E-state index in [1.54, 1.807) is 6.07 Å². The quantitative estimate of drug-likeness (QED) is 0.462. The SMILES string of the molecule is CN1Cc2cc(-c3ccc(OCC(F)(F)F)cc3F)ccc2[C@@H]1CNc1cnccc1C(=O)O. The smallest absolute Gasteiger partial charge is 0.422 e. The Bertz CT molecular complexity index is 1220. The van der Waals surface area contributed by atoms with E-state index in [9.17, 15) is 27.5 Å². The average Bonchev–Trinajstić information content (AvgIpc) is 3.10. The molecule has 2 heterocycles. The highest BCUT2D eigenvalue weighted by Gasteiger charge is 2.29. The van der Waals surface area contributed by atoms with Crippen molar-refractivity contribution in [3.05, 3.63) is 77.4 Å². The molecule has 0 saturated carbocycles. The van der Waals surface area contributed by atoms with Crippen LogP contribution in [0.25, 0.3) is 11.1 Å². The number of nitrogens with one attached hydrogen (secondary N) is 1. The lowest BCUT2D eigenvalue weighted by Crippen LogP contribution is -2.24. The summed E-state index contributed by atoms with van der Waals surface area (Å²) in [6, 6.07) is 10.5. The fraction of sp³-hybridized carbons (Fsp3) is 0.250. The van der Waals surface area contributed by atoms with Crippen molar-refractivity contribution in [2.24, 2.45) is 0 Å². The molecular formula is C24H21F4N3O3. The van der Waals surface area contributed by atoms with Crippen LogP contribution in [0, 0.1) is 5.82 Å². The van der Waals surface area contributed by atoms with E-state index in [1.165, 1.54) is 30.6 Å². The number of benzene rings is 2. The van der Waals surface area contributed by atoms with Crippen molar-refractivity contribution in [3.63, 3.8) is 0 Å². The lowest BCUT2D eigenvalue weighted by molar-refractivity contribution is -0.153. The molecule has 1 atom stereocenters. The Morgan fingerprint density at radius 2 is 2.03 bits per heavy atom. The molecule has 1 aliphatic rings. The van der Waals surface area contributed by atoms with Crippen molar-refractivity contribution in [3.8, 4) is 16.9 Å². The Labute approximate surface area is 192 Å². The van der Waals surface area contributed by atoms with Gasteiger partial charge in [0.15, 0.2) is 6.61 Å². The van der Waals surface area contributed by atoms with Crippen LogP contribution in [0.5, 0.6) is 5.75 Å². The predicted octanol–water partition coefficient (Wildman–Crippen LogP) is 5.13. The number of rotatable bonds is 7. The third-order valence-corrected chi connectivity index (χ3v) is 5.65. The molecule has 0 spiro atoms. The minimum Gasteiger partial charge on any atom is -0.484 e. The number of carbonyl (C=O) groups is 1. The lowest BCUT2D eigenvalue weighted by Gasteiger charge is -2.22. The second kappa shape index (κ2) is 9.30. The Morgan fingerprint density at radius 3 is 2.74 bits per heavy atom. The number of pyridine rings is 1. The highest BCUT2D eigenvalue weighted by Crippen LogP contribution is 2.36. The van der Waals surface area contributed by atoms with Crippen LogP contribution >= 0.6 is 0 Å². The number of likely N-dealkylation sites (N-methyl/N-ethyl adjacent to an activating group) is 1. The van der Waals surface area contributed by atoms with Crippen LogP contribution in [-0.4, -0.2) is 47.3 Å². The number of alkyl halides is 3. The number of halogens is 4. The van der Waals surface area contributed by atoms with E-state index in [0.717, 1.165) is 17.2 Å². The van der Waals surface area contributed by atoms with E-state index >= 15 is 0 Å². The molecule has 1 aliphatic heterocycles. The summed E-state index contributed by atoms with van der Waals surface area (Å²) < 4.78 is 56.2. The summed E-state index contributed by atoms with van der Waals surface area (Å²) in [5, 5.41) is 12.5. The molecule has 2 aromatic carbocycles. The number of aromatic carboxylic acids is 1. The van der Waals surface area contributed by atoms with Gasteiger partial charge >= 0.3 is 12.1 Å². The lowest BCUT2D eigenvalue weighted by atomic mass is 9.97. The molecule has 34 heavy (non-hydrogen) atoms. The molecule has 0 radical (unpaired) electrons. The van der Waals surface area contributed by atoms with E-state index in [-0.39, 0.29) is 22.9 Å². The monoisotopic (exact) mass is 475 g/mol. The summed E-state index contributed by atoms with van der Waals surface area (Å²) in [7, 11) is 1.93. The highest BCUT2D eigenvalue weighted by molar-refractivity contribution is 5.93. The molecule has 0 saturated heterocycles. The predicted molar refractivity (Wildman–Crippen MR) is 117 cm³/mol. The van der Waals surface area contributed by atoms with Crippen molar-refractivity contribution in [2.75, 3.05) is 25.5 Å². The summed E-state index contributed by atoms with van der Waals surface area (Å²) in [6.45, 7) is -0.448. The van der Waals surface area contributed by atoms with Gasteiger partial charge in [0.1, 0.15) is 11.6 Å². The first-order chi connectivity index (χ1) is 16.1. The Hall–Kier alpha value is -3.66. The number of hydrogen-bond donors (Lipinski definition) is 2. The zero-order valence-electron chi connectivity index (χ0n) is 18.1. The largest absolute Gasteiger partial charge is 0.484 e. The average molecular weight is 475 g/mol. The van der Waals surface area contributed by atoms with Crippen LogP contribution in [0.2, 0.25) is 0 Å². The second-order valence-electron chi connectivity index (χ2n) is 8.00. The molecule has 0 aliphatic carbocycles. The first-order valence-corrected chi connectivity index (χ1v) is 10.4. The van der Waals surface area contributed by atoms with Crippen LogP contribution in [0.1, 0.15) is 27.5 Å². The van der Waals surface area contributed by atoms with Crippen LogP contribution < -0.4 is 10.1 Å². The first kappa shape index (κ1) is 23.5. The minimum absolute atomic E-state index is 0.0473. The van der Waals surface area contributed by atoms with Crippen LogP contribution in [0.4, 0.5) is 23.2 Å². The standard InChI is InChI=1S/C24H21F4N3O3/c1-31-12-15-8-14(17-5-3-16(9-20(17)25)34-13-24(26,27)28)2-4-18(15)22(31)11-30-21-10-29-7-6-19(21)23(32)33/h2-10,22,30H,11-13H2,1H3,(H,32,33)/t22-/m0/s1. The van der Waals surface area contributed by atoms with Gasteiger partial charge in [-0.3, -0.25) is 9.88 Å². The van der Waals surface area contributed by atoms with E-state index in [2.05, 4.69) is 19.9 Å². The molecule has 0 fully saturated rings. The fourth-order valence-electron chi connectivity index (χ4n) is 4.03. The number of fused-ring (bicyclic) bond motifs is 1. The van der Waals surface area contributed by atoms with Crippen LogP contribution in [0.3, 0.4) is 0 Å². The first-order valence-electron chi connectivity index (χ1n) is 10.4. The van der Waals surface area contributed by atoms with Gasteiger partial charge in [-0.2, -0.15) is 13.2 Å².